The van der Waals surface area contributed by atoms with Gasteiger partial charge in [-0.05, 0) is 6.42 Å². The van der Waals surface area contributed by atoms with Crippen LogP contribution >= 0.6 is 0 Å². The van der Waals surface area contributed by atoms with Gasteiger partial charge in [-0.1, -0.05) is 5.92 Å². The predicted molar refractivity (Wildman–Crippen MR) is 38.8 cm³/mol. The van der Waals surface area contributed by atoms with Gasteiger partial charge in [0, 0.05) is 12.4 Å². The van der Waals surface area contributed by atoms with Crippen LogP contribution in [0.4, 0.5) is 0 Å². The molecule has 0 atom stereocenters. The third kappa shape index (κ3) is 9.43. The summed E-state index contributed by atoms with van der Waals surface area (Å²) >= 11 is 0. The fourth-order valence-corrected chi connectivity index (χ4v) is 0.940. The molecule has 11 heavy (non-hydrogen) atoms. The largest absolute Gasteiger partial charge is 0.748 e. The maximum Gasteiger partial charge on any atom is 0.107 e. The molecule has 4 nitrogen and oxygen atoms in total. The quantitative estimate of drug-likeness (QED) is 0.325. The van der Waals surface area contributed by atoms with Crippen molar-refractivity contribution in [2.75, 3.05) is 19.0 Å². The van der Waals surface area contributed by atoms with Crippen molar-refractivity contribution in [3.63, 3.8) is 0 Å². The molecule has 0 saturated carbocycles. The van der Waals surface area contributed by atoms with Gasteiger partial charge in [0.15, 0.2) is 0 Å². The third-order valence-corrected chi connectivity index (χ3v) is 1.66. The first kappa shape index (κ1) is 10.4. The van der Waals surface area contributed by atoms with Crippen molar-refractivity contribution in [1.82, 2.24) is 0 Å². The Labute approximate surface area is 66.3 Å². The van der Waals surface area contributed by atoms with E-state index in [4.69, 9.17) is 11.2 Å². The van der Waals surface area contributed by atoms with E-state index in [1.165, 1.54) is 0 Å². The van der Waals surface area contributed by atoms with E-state index in [0.717, 1.165) is 0 Å². The monoisotopic (exact) mass is 177 g/mol. The number of terminal acetylenes is 1. The highest BCUT2D eigenvalue weighted by Gasteiger charge is 1.93. The third-order valence-electron chi connectivity index (χ3n) is 0.868. The van der Waals surface area contributed by atoms with Gasteiger partial charge in [-0.3, -0.25) is 0 Å². The summed E-state index contributed by atoms with van der Waals surface area (Å²) in [6.45, 7) is 0.366. The molecule has 0 bridgehead atoms. The minimum atomic E-state index is -4.09. The van der Waals surface area contributed by atoms with E-state index in [0.29, 0.717) is 0 Å². The molecule has 0 fully saturated rings. The molecule has 0 aliphatic heterocycles. The van der Waals surface area contributed by atoms with Crippen molar-refractivity contribution in [3.8, 4) is 12.3 Å². The Hall–Kier alpha value is -0.570. The molecule has 5 heteroatoms. The van der Waals surface area contributed by atoms with Crippen LogP contribution in [0.2, 0.25) is 0 Å². The second-order valence-corrected chi connectivity index (χ2v) is 3.40. The highest BCUT2D eigenvalue weighted by Crippen LogP contribution is 1.88. The lowest BCUT2D eigenvalue weighted by Gasteiger charge is -2.05. The standard InChI is InChI=1S/C6H10O4S/c1-2-4-10-5-3-6-11(7,8)9/h1H,3-6H2,(H,7,8,9)/p-1. The van der Waals surface area contributed by atoms with Gasteiger partial charge in [-0.25, -0.2) is 8.42 Å². The molecule has 0 aliphatic rings. The summed E-state index contributed by atoms with van der Waals surface area (Å²) in [6, 6.07) is 0. The fourth-order valence-electron chi connectivity index (χ4n) is 0.469. The Morgan fingerprint density at radius 3 is 2.64 bits per heavy atom. The van der Waals surface area contributed by atoms with Crippen molar-refractivity contribution in [3.05, 3.63) is 0 Å². The minimum Gasteiger partial charge on any atom is -0.748 e. The van der Waals surface area contributed by atoms with E-state index >= 15 is 0 Å². The molecule has 0 heterocycles. The lowest BCUT2D eigenvalue weighted by molar-refractivity contribution is 0.168. The van der Waals surface area contributed by atoms with Crippen LogP contribution in [0.25, 0.3) is 0 Å². The van der Waals surface area contributed by atoms with E-state index in [1.807, 2.05) is 0 Å². The van der Waals surface area contributed by atoms with Gasteiger partial charge < -0.3 is 9.29 Å². The molecule has 64 valence electrons. The fraction of sp³-hybridized carbons (Fsp3) is 0.667. The molecule has 0 saturated heterocycles. The van der Waals surface area contributed by atoms with Crippen LogP contribution < -0.4 is 0 Å². The smallest absolute Gasteiger partial charge is 0.107 e. The van der Waals surface area contributed by atoms with Gasteiger partial charge in [0.1, 0.15) is 6.61 Å². The molecule has 0 aromatic rings. The summed E-state index contributed by atoms with van der Waals surface area (Å²) in [6.07, 6.45) is 5.04. The Balaban J connectivity index is 3.24. The summed E-state index contributed by atoms with van der Waals surface area (Å²) < 4.78 is 34.8. The molecule has 0 amide bonds. The topological polar surface area (TPSA) is 66.4 Å². The second kappa shape index (κ2) is 5.13. The highest BCUT2D eigenvalue weighted by molar-refractivity contribution is 7.85. The first-order valence-corrected chi connectivity index (χ1v) is 4.59. The minimum absolute atomic E-state index is 0.152. The molecule has 0 rings (SSSR count). The van der Waals surface area contributed by atoms with Gasteiger partial charge in [-0.15, -0.1) is 6.42 Å². The summed E-state index contributed by atoms with van der Waals surface area (Å²) in [4.78, 5) is 0. The number of hydrogen-bond acceptors (Lipinski definition) is 4. The van der Waals surface area contributed by atoms with Crippen LogP contribution in [0.3, 0.4) is 0 Å². The van der Waals surface area contributed by atoms with Crippen molar-refractivity contribution in [2.45, 2.75) is 6.42 Å². The van der Waals surface area contributed by atoms with Gasteiger partial charge in [0.25, 0.3) is 0 Å². The Morgan fingerprint density at radius 2 is 2.18 bits per heavy atom. The summed E-state index contributed by atoms with van der Waals surface area (Å²) in [5.41, 5.74) is 0. The zero-order chi connectivity index (χ0) is 8.74. The predicted octanol–water partition coefficient (Wildman–Crippen LogP) is -0.428. The Kier molecular flexibility index (Phi) is 4.86. The number of ether oxygens (including phenoxy) is 1. The van der Waals surface area contributed by atoms with Gasteiger partial charge in [-0.2, -0.15) is 0 Å². The first-order chi connectivity index (χ1) is 5.06. The van der Waals surface area contributed by atoms with E-state index in [9.17, 15) is 13.0 Å². The molecular formula is C6H9O4S-. The molecular weight excluding hydrogens is 168 g/mol. The van der Waals surface area contributed by atoms with Crippen molar-refractivity contribution in [1.29, 1.82) is 0 Å². The molecule has 0 unspecified atom stereocenters. The van der Waals surface area contributed by atoms with Crippen LogP contribution in [-0.2, 0) is 14.9 Å². The maximum atomic E-state index is 10.0. The molecule has 0 aromatic heterocycles. The van der Waals surface area contributed by atoms with Crippen LogP contribution in [-0.4, -0.2) is 31.9 Å². The normalized spacial score (nSPS) is 10.9. The lowest BCUT2D eigenvalue weighted by Crippen LogP contribution is -2.07. The van der Waals surface area contributed by atoms with Crippen molar-refractivity contribution < 1.29 is 17.7 Å². The van der Waals surface area contributed by atoms with E-state index in [2.05, 4.69) is 5.92 Å². The molecule has 0 spiro atoms. The first-order valence-electron chi connectivity index (χ1n) is 3.01. The highest BCUT2D eigenvalue weighted by atomic mass is 32.2. The summed E-state index contributed by atoms with van der Waals surface area (Å²) in [7, 11) is -4.09. The maximum absolute atomic E-state index is 10.0. The lowest BCUT2D eigenvalue weighted by atomic mass is 10.5. The molecule has 0 aromatic carbocycles. The summed E-state index contributed by atoms with van der Waals surface area (Å²) in [5, 5.41) is 0. The molecule has 0 aliphatic carbocycles. The SMILES string of the molecule is C#CCOCCCS(=O)(=O)[O-]. The Morgan fingerprint density at radius 1 is 1.55 bits per heavy atom. The van der Waals surface area contributed by atoms with Gasteiger partial charge in [0.05, 0.1) is 10.1 Å². The molecule has 0 N–H and O–H groups in total. The average Bonchev–Trinajstić information content (AvgIpc) is 1.85. The van der Waals surface area contributed by atoms with E-state index in [1.54, 1.807) is 0 Å². The molecule has 0 radical (unpaired) electrons. The summed E-state index contributed by atoms with van der Waals surface area (Å²) in [5.74, 6) is 1.82. The van der Waals surface area contributed by atoms with Gasteiger partial charge in [0.2, 0.25) is 0 Å². The average molecular weight is 177 g/mol. The van der Waals surface area contributed by atoms with Crippen molar-refractivity contribution in [2.24, 2.45) is 0 Å². The van der Waals surface area contributed by atoms with Crippen LogP contribution in [0, 0.1) is 12.3 Å². The van der Waals surface area contributed by atoms with Crippen LogP contribution in [0.5, 0.6) is 0 Å². The zero-order valence-electron chi connectivity index (χ0n) is 5.95. The zero-order valence-corrected chi connectivity index (χ0v) is 6.76. The van der Waals surface area contributed by atoms with Gasteiger partial charge >= 0.3 is 0 Å². The van der Waals surface area contributed by atoms with Crippen LogP contribution in [0.1, 0.15) is 6.42 Å². The number of rotatable bonds is 5. The second-order valence-electron chi connectivity index (χ2n) is 1.87. The Bertz CT molecular complexity index is 223. The van der Waals surface area contributed by atoms with E-state index in [-0.39, 0.29) is 19.6 Å². The van der Waals surface area contributed by atoms with Crippen molar-refractivity contribution >= 4 is 10.1 Å². The van der Waals surface area contributed by atoms with E-state index < -0.39 is 15.9 Å². The van der Waals surface area contributed by atoms with Crippen LogP contribution in [0.15, 0.2) is 0 Å². The number of hydrogen-bond donors (Lipinski definition) is 0.